The normalized spacial score (nSPS) is 19.4. The first-order chi connectivity index (χ1) is 10.1. The summed E-state index contributed by atoms with van der Waals surface area (Å²) in [6, 6.07) is 6.07. The Morgan fingerprint density at radius 1 is 1.43 bits per heavy atom. The fourth-order valence-electron chi connectivity index (χ4n) is 2.78. The van der Waals surface area contributed by atoms with Crippen molar-refractivity contribution in [3.63, 3.8) is 0 Å². The molecule has 0 spiro atoms. The molecule has 0 fully saturated rings. The van der Waals surface area contributed by atoms with Gasteiger partial charge >= 0.3 is 0 Å². The molecule has 0 aliphatic carbocycles. The monoisotopic (exact) mass is 336 g/mol. The number of benzene rings is 1. The Kier molecular flexibility index (Phi) is 3.26. The van der Waals surface area contributed by atoms with Crippen LogP contribution in [-0.4, -0.2) is 34.4 Å². The summed E-state index contributed by atoms with van der Waals surface area (Å²) in [5, 5.41) is 15.1. The fourth-order valence-corrected chi connectivity index (χ4v) is 5.04. The fraction of sp³-hybridized carbons (Fsp3) is 0.267. The Morgan fingerprint density at radius 3 is 3.10 bits per heavy atom. The van der Waals surface area contributed by atoms with Gasteiger partial charge in [-0.05, 0) is 35.9 Å². The van der Waals surface area contributed by atoms with Gasteiger partial charge in [0.1, 0.15) is 0 Å². The van der Waals surface area contributed by atoms with Crippen LogP contribution < -0.4 is 0 Å². The van der Waals surface area contributed by atoms with Crippen molar-refractivity contribution < 1.29 is 5.11 Å². The Bertz CT molecular complexity index is 794. The van der Waals surface area contributed by atoms with Gasteiger partial charge in [-0.25, -0.2) is 0 Å². The van der Waals surface area contributed by atoms with Crippen molar-refractivity contribution in [2.75, 3.05) is 13.1 Å². The van der Waals surface area contributed by atoms with Gasteiger partial charge in [-0.2, -0.15) is 0 Å². The van der Waals surface area contributed by atoms with Crippen molar-refractivity contribution in [2.24, 2.45) is 4.99 Å². The Morgan fingerprint density at radius 2 is 2.29 bits per heavy atom. The summed E-state index contributed by atoms with van der Waals surface area (Å²) in [5.74, 6) is 0. The van der Waals surface area contributed by atoms with Crippen LogP contribution in [-0.2, 0) is 0 Å². The third kappa shape index (κ3) is 2.11. The maximum Gasteiger partial charge on any atom is 0.168 e. The molecular weight excluding hydrogens is 324 g/mol. The number of amidine groups is 1. The molecule has 1 atom stereocenters. The van der Waals surface area contributed by atoms with Crippen LogP contribution in [0.3, 0.4) is 0 Å². The summed E-state index contributed by atoms with van der Waals surface area (Å²) in [7, 11) is 0. The second kappa shape index (κ2) is 5.02. The number of rotatable bonds is 2. The number of fused-ring (bicyclic) bond motifs is 2. The summed E-state index contributed by atoms with van der Waals surface area (Å²) in [5.41, 5.74) is 2.17. The zero-order chi connectivity index (χ0) is 14.6. The van der Waals surface area contributed by atoms with Crippen LogP contribution in [0, 0.1) is 0 Å². The van der Waals surface area contributed by atoms with Crippen LogP contribution in [0.25, 0.3) is 15.8 Å². The molecule has 3 nitrogen and oxygen atoms in total. The third-order valence-corrected chi connectivity index (χ3v) is 6.12. The van der Waals surface area contributed by atoms with Crippen LogP contribution >= 0.6 is 34.7 Å². The molecule has 0 saturated carbocycles. The number of aliphatic hydroxyl groups excluding tert-OH is 1. The maximum atomic E-state index is 10.1. The molecule has 0 radical (unpaired) electrons. The van der Waals surface area contributed by atoms with Gasteiger partial charge < -0.3 is 10.0 Å². The largest absolute Gasteiger partial charge is 0.388 e. The Balaban J connectivity index is 1.99. The van der Waals surface area contributed by atoms with Crippen molar-refractivity contribution in [2.45, 2.75) is 13.0 Å². The van der Waals surface area contributed by atoms with Crippen LogP contribution in [0.2, 0.25) is 5.02 Å². The standard InChI is InChI=1S/C15H13ClN2OS2/c1-8(19)13-12(18-4-3-17-15(18)21-13)11-7-10(16)6-9-2-5-20-14(9)11/h2,5-8,19H,3-4H2,1H3. The number of aliphatic imine (C=N–C) groups is 1. The van der Waals surface area contributed by atoms with Gasteiger partial charge in [-0.3, -0.25) is 4.99 Å². The van der Waals surface area contributed by atoms with E-state index in [-0.39, 0.29) is 0 Å². The highest BCUT2D eigenvalue weighted by molar-refractivity contribution is 8.17. The van der Waals surface area contributed by atoms with E-state index in [4.69, 9.17) is 11.6 Å². The first-order valence-corrected chi connectivity index (χ1v) is 8.82. The lowest BCUT2D eigenvalue weighted by atomic mass is 10.1. The van der Waals surface area contributed by atoms with E-state index in [9.17, 15) is 5.11 Å². The average molecular weight is 337 g/mol. The quantitative estimate of drug-likeness (QED) is 0.899. The molecule has 1 aromatic carbocycles. The summed E-state index contributed by atoms with van der Waals surface area (Å²) in [6.07, 6.45) is -0.507. The predicted molar refractivity (Wildman–Crippen MR) is 92.0 cm³/mol. The molecule has 0 saturated heterocycles. The van der Waals surface area contributed by atoms with E-state index in [2.05, 4.69) is 21.3 Å². The SMILES string of the molecule is CC(O)C1=C(c2cc(Cl)cc3ccsc23)N2CCN=C2S1. The lowest BCUT2D eigenvalue weighted by molar-refractivity contribution is 0.240. The number of aliphatic hydroxyl groups is 1. The van der Waals surface area contributed by atoms with Gasteiger partial charge in [0.05, 0.1) is 18.3 Å². The van der Waals surface area contributed by atoms with Gasteiger partial charge in [-0.15, -0.1) is 11.3 Å². The van der Waals surface area contributed by atoms with Crippen molar-refractivity contribution >= 4 is 55.7 Å². The van der Waals surface area contributed by atoms with Gasteiger partial charge in [0, 0.05) is 26.7 Å². The second-order valence-electron chi connectivity index (χ2n) is 5.10. The van der Waals surface area contributed by atoms with Gasteiger partial charge in [-0.1, -0.05) is 23.4 Å². The number of halogens is 1. The molecule has 1 N–H and O–H groups in total. The minimum atomic E-state index is -0.507. The highest BCUT2D eigenvalue weighted by Gasteiger charge is 2.35. The summed E-state index contributed by atoms with van der Waals surface area (Å²) < 4.78 is 1.21. The number of nitrogens with zero attached hydrogens (tertiary/aromatic N) is 2. The molecule has 0 amide bonds. The van der Waals surface area contributed by atoms with E-state index in [0.717, 1.165) is 44.8 Å². The smallest absolute Gasteiger partial charge is 0.168 e. The molecule has 4 rings (SSSR count). The molecule has 2 aliphatic rings. The lowest BCUT2D eigenvalue weighted by Gasteiger charge is -2.19. The molecule has 1 aromatic heterocycles. The number of thioether (sulfide) groups is 1. The summed E-state index contributed by atoms with van der Waals surface area (Å²) in [6.45, 7) is 3.49. The second-order valence-corrected chi connectivity index (χ2v) is 7.46. The van der Waals surface area contributed by atoms with E-state index in [0.29, 0.717) is 0 Å². The number of hydrogen-bond acceptors (Lipinski definition) is 5. The summed E-state index contributed by atoms with van der Waals surface area (Å²) >= 11 is 9.58. The van der Waals surface area contributed by atoms with E-state index in [1.807, 2.05) is 12.1 Å². The first kappa shape index (κ1) is 13.6. The highest BCUT2D eigenvalue weighted by Crippen LogP contribution is 2.46. The van der Waals surface area contributed by atoms with Gasteiger partial charge in [0.2, 0.25) is 0 Å². The van der Waals surface area contributed by atoms with Crippen molar-refractivity contribution in [3.8, 4) is 0 Å². The van der Waals surface area contributed by atoms with Gasteiger partial charge in [0.25, 0.3) is 0 Å². The molecule has 2 aliphatic heterocycles. The first-order valence-electron chi connectivity index (χ1n) is 6.74. The minimum absolute atomic E-state index is 0.507. The molecule has 21 heavy (non-hydrogen) atoms. The van der Waals surface area contributed by atoms with E-state index in [1.54, 1.807) is 30.0 Å². The molecule has 3 heterocycles. The highest BCUT2D eigenvalue weighted by atomic mass is 35.5. The predicted octanol–water partition coefficient (Wildman–Crippen LogP) is 4.02. The van der Waals surface area contributed by atoms with Gasteiger partial charge in [0.15, 0.2) is 5.17 Å². The van der Waals surface area contributed by atoms with Crippen LogP contribution in [0.4, 0.5) is 0 Å². The Hall–Kier alpha value is -1.01. The molecule has 1 unspecified atom stereocenters. The molecule has 6 heteroatoms. The van der Waals surface area contributed by atoms with E-state index < -0.39 is 6.10 Å². The lowest BCUT2D eigenvalue weighted by Crippen LogP contribution is -2.20. The maximum absolute atomic E-state index is 10.1. The van der Waals surface area contributed by atoms with Crippen LogP contribution in [0.1, 0.15) is 12.5 Å². The third-order valence-electron chi connectivity index (χ3n) is 3.66. The molecular formula is C15H13ClN2OS2. The number of thiophene rings is 1. The zero-order valence-corrected chi connectivity index (χ0v) is 13.7. The summed E-state index contributed by atoms with van der Waals surface area (Å²) in [4.78, 5) is 7.69. The average Bonchev–Trinajstić information content (AvgIpc) is 3.11. The van der Waals surface area contributed by atoms with Crippen LogP contribution in [0.15, 0.2) is 33.5 Å². The molecule has 0 bridgehead atoms. The van der Waals surface area contributed by atoms with Crippen LogP contribution in [0.5, 0.6) is 0 Å². The Labute approximate surface area is 135 Å². The van der Waals surface area contributed by atoms with E-state index >= 15 is 0 Å². The zero-order valence-electron chi connectivity index (χ0n) is 11.3. The topological polar surface area (TPSA) is 35.8 Å². The van der Waals surface area contributed by atoms with E-state index in [1.165, 1.54) is 4.70 Å². The minimum Gasteiger partial charge on any atom is -0.388 e. The number of hydrogen-bond donors (Lipinski definition) is 1. The van der Waals surface area contributed by atoms with Crippen molar-refractivity contribution in [3.05, 3.63) is 39.1 Å². The van der Waals surface area contributed by atoms with Crippen molar-refractivity contribution in [1.82, 2.24) is 4.90 Å². The molecule has 108 valence electrons. The molecule has 2 aromatic rings. The van der Waals surface area contributed by atoms with Crippen molar-refractivity contribution in [1.29, 1.82) is 0 Å².